The lowest BCUT2D eigenvalue weighted by molar-refractivity contribution is -0.138. The third-order valence-electron chi connectivity index (χ3n) is 3.42. The molecule has 0 rings (SSSR count). The lowest BCUT2D eigenvalue weighted by Gasteiger charge is -2.34. The van der Waals surface area contributed by atoms with Gasteiger partial charge in [-0.25, -0.2) is 4.79 Å². The summed E-state index contributed by atoms with van der Waals surface area (Å²) >= 11 is 1.70. The van der Waals surface area contributed by atoms with Crippen molar-refractivity contribution < 1.29 is 14.7 Å². The summed E-state index contributed by atoms with van der Waals surface area (Å²) in [5, 5.41) is 11.8. The van der Waals surface area contributed by atoms with Gasteiger partial charge in [-0.05, 0) is 18.1 Å². The molecule has 0 aromatic heterocycles. The maximum Gasteiger partial charge on any atom is 0.317 e. The van der Waals surface area contributed by atoms with Crippen LogP contribution in [0.5, 0.6) is 0 Å². The average molecular weight is 304 g/mol. The second-order valence-electron chi connectivity index (χ2n) is 6.09. The van der Waals surface area contributed by atoms with Crippen LogP contribution < -0.4 is 5.32 Å². The Morgan fingerprint density at radius 3 is 2.25 bits per heavy atom. The van der Waals surface area contributed by atoms with E-state index in [0.29, 0.717) is 0 Å². The zero-order valence-electron chi connectivity index (χ0n) is 13.4. The number of carbonyl (C=O) groups is 2. The Bertz CT molecular complexity index is 329. The summed E-state index contributed by atoms with van der Waals surface area (Å²) in [5.41, 5.74) is -0.296. The number of nitrogens with zero attached hydrogens (tertiary/aromatic N) is 1. The standard InChI is InChI=1S/C14H28N2O3S/c1-7-10(9-20-6)16(5)13(19)15-11(8-12(17)18)14(2,3)4/h10-11H,7-9H2,1-6H3,(H,15,19)(H,17,18). The maximum absolute atomic E-state index is 12.3. The lowest BCUT2D eigenvalue weighted by atomic mass is 9.85. The third kappa shape index (κ3) is 6.50. The Morgan fingerprint density at radius 2 is 1.90 bits per heavy atom. The Labute approximate surface area is 126 Å². The molecule has 0 heterocycles. The van der Waals surface area contributed by atoms with Crippen LogP contribution in [0.25, 0.3) is 0 Å². The molecule has 0 aliphatic carbocycles. The molecule has 20 heavy (non-hydrogen) atoms. The van der Waals surface area contributed by atoms with Crippen molar-refractivity contribution in [1.82, 2.24) is 10.2 Å². The second kappa shape index (κ2) is 8.39. The number of hydrogen-bond acceptors (Lipinski definition) is 3. The fourth-order valence-corrected chi connectivity index (χ4v) is 2.71. The molecule has 2 amide bonds. The predicted octanol–water partition coefficient (Wildman–Crippen LogP) is 2.66. The van der Waals surface area contributed by atoms with E-state index < -0.39 is 5.97 Å². The van der Waals surface area contributed by atoms with Gasteiger partial charge in [0, 0.05) is 24.9 Å². The largest absolute Gasteiger partial charge is 0.481 e. The SMILES string of the molecule is CCC(CSC)N(C)C(=O)NC(CC(=O)O)C(C)(C)C. The van der Waals surface area contributed by atoms with E-state index in [0.717, 1.165) is 12.2 Å². The van der Waals surface area contributed by atoms with E-state index >= 15 is 0 Å². The second-order valence-corrected chi connectivity index (χ2v) is 7.00. The van der Waals surface area contributed by atoms with Crippen molar-refractivity contribution in [3.8, 4) is 0 Å². The molecule has 0 bridgehead atoms. The third-order valence-corrected chi connectivity index (χ3v) is 4.14. The molecule has 0 fully saturated rings. The highest BCUT2D eigenvalue weighted by molar-refractivity contribution is 7.98. The zero-order valence-corrected chi connectivity index (χ0v) is 14.2. The monoisotopic (exact) mass is 304 g/mol. The molecule has 0 aromatic carbocycles. The highest BCUT2D eigenvalue weighted by Gasteiger charge is 2.30. The summed E-state index contributed by atoms with van der Waals surface area (Å²) in [4.78, 5) is 24.9. The molecule has 118 valence electrons. The number of hydrogen-bond donors (Lipinski definition) is 2. The van der Waals surface area contributed by atoms with Gasteiger partial charge in [0.05, 0.1) is 6.42 Å². The number of rotatable bonds is 7. The molecule has 0 aliphatic heterocycles. The van der Waals surface area contributed by atoms with E-state index in [1.54, 1.807) is 23.7 Å². The molecule has 2 N–H and O–H groups in total. The van der Waals surface area contributed by atoms with Gasteiger partial charge < -0.3 is 15.3 Å². The van der Waals surface area contributed by atoms with Crippen molar-refractivity contribution in [2.75, 3.05) is 19.1 Å². The summed E-state index contributed by atoms with van der Waals surface area (Å²) in [6.45, 7) is 7.84. The number of nitrogens with one attached hydrogen (secondary N) is 1. The van der Waals surface area contributed by atoms with Crippen molar-refractivity contribution in [2.45, 2.75) is 52.6 Å². The number of thioether (sulfide) groups is 1. The van der Waals surface area contributed by atoms with E-state index in [1.165, 1.54) is 0 Å². The van der Waals surface area contributed by atoms with Gasteiger partial charge in [-0.2, -0.15) is 11.8 Å². The molecular formula is C14H28N2O3S. The van der Waals surface area contributed by atoms with Gasteiger partial charge in [0.2, 0.25) is 0 Å². The summed E-state index contributed by atoms with van der Waals surface area (Å²) in [6.07, 6.45) is 2.82. The predicted molar refractivity (Wildman–Crippen MR) is 84.3 cm³/mol. The van der Waals surface area contributed by atoms with Crippen LogP contribution in [0.3, 0.4) is 0 Å². The lowest BCUT2D eigenvalue weighted by Crippen LogP contribution is -2.52. The van der Waals surface area contributed by atoms with E-state index in [4.69, 9.17) is 5.11 Å². The van der Waals surface area contributed by atoms with Gasteiger partial charge in [-0.3, -0.25) is 4.79 Å². The van der Waals surface area contributed by atoms with Gasteiger partial charge in [0.15, 0.2) is 0 Å². The fraction of sp³-hybridized carbons (Fsp3) is 0.857. The van der Waals surface area contributed by atoms with E-state index in [-0.39, 0.29) is 30.0 Å². The van der Waals surface area contributed by atoms with Gasteiger partial charge in [-0.1, -0.05) is 27.7 Å². The molecular weight excluding hydrogens is 276 g/mol. The van der Waals surface area contributed by atoms with Crippen LogP contribution in [0.1, 0.15) is 40.5 Å². The van der Waals surface area contributed by atoms with E-state index in [1.807, 2.05) is 34.0 Å². The maximum atomic E-state index is 12.3. The van der Waals surface area contributed by atoms with Gasteiger partial charge in [-0.15, -0.1) is 0 Å². The van der Waals surface area contributed by atoms with Crippen molar-refractivity contribution in [2.24, 2.45) is 5.41 Å². The highest BCUT2D eigenvalue weighted by atomic mass is 32.2. The summed E-state index contributed by atoms with van der Waals surface area (Å²) in [6, 6.07) is -0.427. The van der Waals surface area contributed by atoms with Crippen molar-refractivity contribution in [1.29, 1.82) is 0 Å². The van der Waals surface area contributed by atoms with E-state index in [2.05, 4.69) is 5.32 Å². The van der Waals surface area contributed by atoms with Crippen LogP contribution >= 0.6 is 11.8 Å². The topological polar surface area (TPSA) is 69.6 Å². The molecule has 0 saturated carbocycles. The van der Waals surface area contributed by atoms with Crippen molar-refractivity contribution in [3.05, 3.63) is 0 Å². The molecule has 0 saturated heterocycles. The first-order valence-electron chi connectivity index (χ1n) is 6.87. The Balaban J connectivity index is 4.78. The Hall–Kier alpha value is -0.910. The smallest absolute Gasteiger partial charge is 0.317 e. The van der Waals surface area contributed by atoms with Crippen molar-refractivity contribution in [3.63, 3.8) is 0 Å². The minimum atomic E-state index is -0.899. The summed E-state index contributed by atoms with van der Waals surface area (Å²) < 4.78 is 0. The van der Waals surface area contributed by atoms with E-state index in [9.17, 15) is 9.59 Å². The molecule has 5 nitrogen and oxygen atoms in total. The van der Waals surface area contributed by atoms with Crippen LogP contribution in [0.15, 0.2) is 0 Å². The Kier molecular flexibility index (Phi) is 8.01. The fourth-order valence-electron chi connectivity index (χ4n) is 1.86. The number of carbonyl (C=O) groups excluding carboxylic acids is 1. The first-order valence-corrected chi connectivity index (χ1v) is 8.26. The summed E-state index contributed by atoms with van der Waals surface area (Å²) in [7, 11) is 1.76. The summed E-state index contributed by atoms with van der Waals surface area (Å²) in [5.74, 6) is -0.0245. The van der Waals surface area contributed by atoms with Crippen LogP contribution in [0.2, 0.25) is 0 Å². The van der Waals surface area contributed by atoms with Crippen LogP contribution in [-0.4, -0.2) is 53.1 Å². The first-order chi connectivity index (χ1) is 9.13. The minimum Gasteiger partial charge on any atom is -0.481 e. The van der Waals surface area contributed by atoms with Gasteiger partial charge in [0.25, 0.3) is 0 Å². The number of amides is 2. The molecule has 2 unspecified atom stereocenters. The van der Waals surface area contributed by atoms with Crippen molar-refractivity contribution >= 4 is 23.8 Å². The minimum absolute atomic E-state index is 0.0671. The number of carboxylic acid groups (broad SMARTS) is 1. The molecule has 0 radical (unpaired) electrons. The zero-order chi connectivity index (χ0) is 15.9. The molecule has 0 aliphatic rings. The normalized spacial score (nSPS) is 14.5. The van der Waals surface area contributed by atoms with Crippen LogP contribution in [-0.2, 0) is 4.79 Å². The average Bonchev–Trinajstić information content (AvgIpc) is 2.32. The molecule has 2 atom stereocenters. The van der Waals surface area contributed by atoms with Crippen LogP contribution in [0, 0.1) is 5.41 Å². The number of aliphatic carboxylic acids is 1. The highest BCUT2D eigenvalue weighted by Crippen LogP contribution is 2.22. The molecule has 6 heteroatoms. The molecule has 0 aromatic rings. The van der Waals surface area contributed by atoms with Gasteiger partial charge in [0.1, 0.15) is 0 Å². The first kappa shape index (κ1) is 19.1. The van der Waals surface area contributed by atoms with Gasteiger partial charge >= 0.3 is 12.0 Å². The number of urea groups is 1. The number of carboxylic acids is 1. The van der Waals surface area contributed by atoms with Crippen LogP contribution in [0.4, 0.5) is 4.79 Å². The molecule has 0 spiro atoms. The quantitative estimate of drug-likeness (QED) is 0.758. The Morgan fingerprint density at radius 1 is 1.35 bits per heavy atom.